The number of nitrogens with zero attached hydrogens (tertiary/aromatic N) is 1. The molecular formula is C18H18FN3O2. The molecule has 1 unspecified atom stereocenters. The molecule has 1 saturated heterocycles. The van der Waals surface area contributed by atoms with Gasteiger partial charge in [-0.05, 0) is 24.3 Å². The van der Waals surface area contributed by atoms with Crippen molar-refractivity contribution in [3.05, 3.63) is 60.4 Å². The molecule has 3 rings (SSSR count). The average molecular weight is 327 g/mol. The van der Waals surface area contributed by atoms with Crippen molar-refractivity contribution >= 4 is 23.3 Å². The number of halogens is 1. The van der Waals surface area contributed by atoms with E-state index in [0.717, 1.165) is 5.69 Å². The second-order valence-electron chi connectivity index (χ2n) is 5.72. The summed E-state index contributed by atoms with van der Waals surface area (Å²) >= 11 is 0. The van der Waals surface area contributed by atoms with Crippen molar-refractivity contribution in [2.75, 3.05) is 23.3 Å². The minimum absolute atomic E-state index is 0.0316. The SMILES string of the molecule is O=C(NCC1CC(=O)N(c2ccccc2)C1)Nc1ccccc1F. The van der Waals surface area contributed by atoms with E-state index in [1.807, 2.05) is 30.3 Å². The maximum atomic E-state index is 13.5. The Hall–Kier alpha value is -2.89. The van der Waals surface area contributed by atoms with Crippen LogP contribution in [0.1, 0.15) is 6.42 Å². The monoisotopic (exact) mass is 327 g/mol. The second-order valence-corrected chi connectivity index (χ2v) is 5.72. The summed E-state index contributed by atoms with van der Waals surface area (Å²) in [5, 5.41) is 5.16. The predicted octanol–water partition coefficient (Wildman–Crippen LogP) is 3.00. The Balaban J connectivity index is 1.52. The first-order valence-corrected chi connectivity index (χ1v) is 7.78. The Morgan fingerprint density at radius 1 is 1.12 bits per heavy atom. The molecule has 0 aliphatic carbocycles. The highest BCUT2D eigenvalue weighted by atomic mass is 19.1. The summed E-state index contributed by atoms with van der Waals surface area (Å²) in [7, 11) is 0. The van der Waals surface area contributed by atoms with Gasteiger partial charge < -0.3 is 15.5 Å². The van der Waals surface area contributed by atoms with Gasteiger partial charge in [0.05, 0.1) is 5.69 Å². The molecule has 1 fully saturated rings. The van der Waals surface area contributed by atoms with Crippen LogP contribution in [0.5, 0.6) is 0 Å². The summed E-state index contributed by atoms with van der Waals surface area (Å²) in [5.41, 5.74) is 0.990. The molecule has 1 heterocycles. The summed E-state index contributed by atoms with van der Waals surface area (Å²) in [5.74, 6) is -0.412. The molecule has 2 aromatic carbocycles. The number of anilines is 2. The first-order chi connectivity index (χ1) is 11.6. The van der Waals surface area contributed by atoms with Gasteiger partial charge in [-0.3, -0.25) is 4.79 Å². The van der Waals surface area contributed by atoms with E-state index in [1.165, 1.54) is 12.1 Å². The molecule has 0 radical (unpaired) electrons. The zero-order chi connectivity index (χ0) is 16.9. The molecule has 2 N–H and O–H groups in total. The van der Waals surface area contributed by atoms with Crippen molar-refractivity contribution in [3.63, 3.8) is 0 Å². The van der Waals surface area contributed by atoms with E-state index in [1.54, 1.807) is 17.0 Å². The van der Waals surface area contributed by atoms with Crippen LogP contribution in [0.15, 0.2) is 54.6 Å². The van der Waals surface area contributed by atoms with Gasteiger partial charge in [-0.25, -0.2) is 9.18 Å². The fraction of sp³-hybridized carbons (Fsp3) is 0.222. The number of rotatable bonds is 4. The number of amides is 3. The van der Waals surface area contributed by atoms with Crippen molar-refractivity contribution in [2.45, 2.75) is 6.42 Å². The Bertz CT molecular complexity index is 736. The third-order valence-electron chi connectivity index (χ3n) is 3.95. The van der Waals surface area contributed by atoms with Crippen LogP contribution in [0, 0.1) is 11.7 Å². The van der Waals surface area contributed by atoms with Gasteiger partial charge >= 0.3 is 6.03 Å². The Labute approximate surface area is 139 Å². The summed E-state index contributed by atoms with van der Waals surface area (Å²) in [6.45, 7) is 0.915. The largest absolute Gasteiger partial charge is 0.338 e. The number of benzene rings is 2. The lowest BCUT2D eigenvalue weighted by molar-refractivity contribution is -0.117. The number of para-hydroxylation sites is 2. The van der Waals surface area contributed by atoms with Gasteiger partial charge in [0.1, 0.15) is 5.82 Å². The van der Waals surface area contributed by atoms with Crippen LogP contribution in [0.4, 0.5) is 20.6 Å². The topological polar surface area (TPSA) is 61.4 Å². The zero-order valence-corrected chi connectivity index (χ0v) is 13.0. The highest BCUT2D eigenvalue weighted by molar-refractivity contribution is 5.96. The highest BCUT2D eigenvalue weighted by Crippen LogP contribution is 2.24. The van der Waals surface area contributed by atoms with E-state index in [2.05, 4.69) is 10.6 Å². The molecule has 1 atom stereocenters. The van der Waals surface area contributed by atoms with Crippen LogP contribution in [-0.2, 0) is 4.79 Å². The number of hydrogen-bond donors (Lipinski definition) is 2. The molecular weight excluding hydrogens is 309 g/mol. The van der Waals surface area contributed by atoms with Crippen molar-refractivity contribution in [2.24, 2.45) is 5.92 Å². The minimum Gasteiger partial charge on any atom is -0.338 e. The fourth-order valence-corrected chi connectivity index (χ4v) is 2.74. The van der Waals surface area contributed by atoms with Crippen LogP contribution >= 0.6 is 0 Å². The molecule has 2 aromatic rings. The van der Waals surface area contributed by atoms with Gasteiger partial charge in [-0.15, -0.1) is 0 Å². The number of urea groups is 1. The third-order valence-corrected chi connectivity index (χ3v) is 3.95. The highest BCUT2D eigenvalue weighted by Gasteiger charge is 2.30. The molecule has 24 heavy (non-hydrogen) atoms. The lowest BCUT2D eigenvalue weighted by Gasteiger charge is -2.17. The van der Waals surface area contributed by atoms with E-state index in [0.29, 0.717) is 19.5 Å². The first-order valence-electron chi connectivity index (χ1n) is 7.78. The summed E-state index contributed by atoms with van der Waals surface area (Å²) in [6, 6.07) is 14.9. The van der Waals surface area contributed by atoms with Crippen LogP contribution in [-0.4, -0.2) is 25.0 Å². The Morgan fingerprint density at radius 2 is 1.83 bits per heavy atom. The Morgan fingerprint density at radius 3 is 2.58 bits per heavy atom. The maximum Gasteiger partial charge on any atom is 0.319 e. The lowest BCUT2D eigenvalue weighted by Crippen LogP contribution is -2.34. The smallest absolute Gasteiger partial charge is 0.319 e. The van der Waals surface area contributed by atoms with Crippen molar-refractivity contribution in [1.29, 1.82) is 0 Å². The molecule has 0 saturated carbocycles. The van der Waals surface area contributed by atoms with E-state index >= 15 is 0 Å². The summed E-state index contributed by atoms with van der Waals surface area (Å²) < 4.78 is 13.5. The normalized spacial score (nSPS) is 17.0. The minimum atomic E-state index is -0.487. The predicted molar refractivity (Wildman–Crippen MR) is 90.3 cm³/mol. The van der Waals surface area contributed by atoms with Crippen molar-refractivity contribution < 1.29 is 14.0 Å². The van der Waals surface area contributed by atoms with Gasteiger partial charge in [0.15, 0.2) is 0 Å². The molecule has 6 heteroatoms. The number of carbonyl (C=O) groups is 2. The van der Waals surface area contributed by atoms with Crippen LogP contribution in [0.3, 0.4) is 0 Å². The van der Waals surface area contributed by atoms with Gasteiger partial charge in [0.2, 0.25) is 5.91 Å². The molecule has 3 amide bonds. The van der Waals surface area contributed by atoms with Crippen LogP contribution in [0.25, 0.3) is 0 Å². The molecule has 1 aliphatic heterocycles. The summed E-state index contributed by atoms with van der Waals surface area (Å²) in [4.78, 5) is 25.7. The average Bonchev–Trinajstić information content (AvgIpc) is 2.97. The number of hydrogen-bond acceptors (Lipinski definition) is 2. The van der Waals surface area contributed by atoms with Crippen molar-refractivity contribution in [1.82, 2.24) is 5.32 Å². The lowest BCUT2D eigenvalue weighted by atomic mass is 10.1. The van der Waals surface area contributed by atoms with Gasteiger partial charge in [-0.1, -0.05) is 30.3 Å². The maximum absolute atomic E-state index is 13.5. The van der Waals surface area contributed by atoms with E-state index in [9.17, 15) is 14.0 Å². The molecule has 5 nitrogen and oxygen atoms in total. The molecule has 0 bridgehead atoms. The number of carbonyl (C=O) groups excluding carboxylic acids is 2. The standard InChI is InChI=1S/C18H18FN3O2/c19-15-8-4-5-9-16(15)21-18(24)20-11-13-10-17(23)22(12-13)14-6-2-1-3-7-14/h1-9,13H,10-12H2,(H2,20,21,24). The Kier molecular flexibility index (Phi) is 4.74. The summed E-state index contributed by atoms with van der Waals surface area (Å²) in [6.07, 6.45) is 0.384. The second kappa shape index (κ2) is 7.12. The number of nitrogens with one attached hydrogen (secondary N) is 2. The van der Waals surface area contributed by atoms with Gasteiger partial charge in [-0.2, -0.15) is 0 Å². The first kappa shape index (κ1) is 16.0. The van der Waals surface area contributed by atoms with E-state index in [4.69, 9.17) is 0 Å². The quantitative estimate of drug-likeness (QED) is 0.907. The van der Waals surface area contributed by atoms with Crippen molar-refractivity contribution in [3.8, 4) is 0 Å². The van der Waals surface area contributed by atoms with E-state index in [-0.39, 0.29) is 17.5 Å². The van der Waals surface area contributed by atoms with Crippen LogP contribution in [0.2, 0.25) is 0 Å². The fourth-order valence-electron chi connectivity index (χ4n) is 2.74. The molecule has 0 aromatic heterocycles. The van der Waals surface area contributed by atoms with Gasteiger partial charge in [0.25, 0.3) is 0 Å². The van der Waals surface area contributed by atoms with E-state index < -0.39 is 11.8 Å². The third kappa shape index (κ3) is 3.71. The molecule has 124 valence electrons. The van der Waals surface area contributed by atoms with Crippen LogP contribution < -0.4 is 15.5 Å². The molecule has 0 spiro atoms. The zero-order valence-electron chi connectivity index (χ0n) is 13.0. The molecule has 1 aliphatic rings. The van der Waals surface area contributed by atoms with Gasteiger partial charge in [0, 0.05) is 31.1 Å².